The summed E-state index contributed by atoms with van der Waals surface area (Å²) in [6.45, 7) is 0.899. The van der Waals surface area contributed by atoms with Gasteiger partial charge >= 0.3 is 0 Å². The molecular formula is C14H16N8O. The minimum atomic E-state index is -0.316. The van der Waals surface area contributed by atoms with Crippen LogP contribution in [-0.4, -0.2) is 41.5 Å². The lowest BCUT2D eigenvalue weighted by Crippen LogP contribution is -2.23. The Morgan fingerprint density at radius 2 is 2.09 bits per heavy atom. The van der Waals surface area contributed by atoms with Gasteiger partial charge in [0.25, 0.3) is 5.91 Å². The van der Waals surface area contributed by atoms with Gasteiger partial charge in [-0.1, -0.05) is 40.8 Å². The Morgan fingerprint density at radius 1 is 1.22 bits per heavy atom. The Balaban J connectivity index is 1.46. The highest BCUT2D eigenvalue weighted by Crippen LogP contribution is 2.04. The summed E-state index contributed by atoms with van der Waals surface area (Å²) in [6.07, 6.45) is 3.52. The standard InChI is InChI=1S/C14H16N8O/c23-14(15-9-13-17-19-20-18-13)12-10-22(21-16-12)8-4-7-11-5-2-1-3-6-11/h1-3,5-6,10H,4,7-9H2,(H,15,23)(H,17,18,19,20). The fraction of sp³-hybridized carbons (Fsp3) is 0.286. The summed E-state index contributed by atoms with van der Waals surface area (Å²) in [5, 5.41) is 23.7. The Kier molecular flexibility index (Phi) is 4.67. The number of aryl methyl sites for hydroxylation is 2. The van der Waals surface area contributed by atoms with Crippen LogP contribution >= 0.6 is 0 Å². The van der Waals surface area contributed by atoms with Crippen molar-refractivity contribution in [3.05, 3.63) is 53.6 Å². The highest BCUT2D eigenvalue weighted by molar-refractivity contribution is 5.91. The summed E-state index contributed by atoms with van der Waals surface area (Å²) < 4.78 is 1.67. The zero-order valence-electron chi connectivity index (χ0n) is 12.4. The molecular weight excluding hydrogens is 296 g/mol. The molecule has 0 aliphatic heterocycles. The lowest BCUT2D eigenvalue weighted by atomic mass is 10.1. The number of tetrazole rings is 1. The number of amides is 1. The molecule has 3 rings (SSSR count). The molecule has 0 unspecified atom stereocenters. The normalized spacial score (nSPS) is 10.6. The maximum atomic E-state index is 11.9. The topological polar surface area (TPSA) is 114 Å². The van der Waals surface area contributed by atoms with Gasteiger partial charge in [-0.25, -0.2) is 0 Å². The number of H-pyrrole nitrogens is 1. The summed E-state index contributed by atoms with van der Waals surface area (Å²) in [5.41, 5.74) is 1.55. The van der Waals surface area contributed by atoms with Crippen molar-refractivity contribution in [2.45, 2.75) is 25.9 Å². The molecule has 23 heavy (non-hydrogen) atoms. The van der Waals surface area contributed by atoms with E-state index >= 15 is 0 Å². The smallest absolute Gasteiger partial charge is 0.273 e. The Hall–Kier alpha value is -3.10. The second kappa shape index (κ2) is 7.25. The first kappa shape index (κ1) is 14.8. The molecule has 2 heterocycles. The maximum absolute atomic E-state index is 11.9. The van der Waals surface area contributed by atoms with E-state index < -0.39 is 0 Å². The molecule has 0 aliphatic rings. The van der Waals surface area contributed by atoms with Gasteiger partial charge in [0.1, 0.15) is 0 Å². The summed E-state index contributed by atoms with van der Waals surface area (Å²) >= 11 is 0. The molecule has 1 aromatic carbocycles. The average molecular weight is 312 g/mol. The zero-order valence-corrected chi connectivity index (χ0v) is 12.4. The van der Waals surface area contributed by atoms with Crippen LogP contribution in [0.25, 0.3) is 0 Å². The summed E-state index contributed by atoms with van der Waals surface area (Å²) in [7, 11) is 0. The van der Waals surface area contributed by atoms with Gasteiger partial charge in [0.05, 0.1) is 12.7 Å². The molecule has 0 aliphatic carbocycles. The molecule has 9 nitrogen and oxygen atoms in total. The second-order valence-electron chi connectivity index (χ2n) is 4.97. The van der Waals surface area contributed by atoms with Crippen molar-refractivity contribution in [2.24, 2.45) is 0 Å². The van der Waals surface area contributed by atoms with Crippen molar-refractivity contribution in [1.29, 1.82) is 0 Å². The lowest BCUT2D eigenvalue weighted by molar-refractivity contribution is 0.0945. The molecule has 0 saturated heterocycles. The van der Waals surface area contributed by atoms with E-state index in [-0.39, 0.29) is 18.1 Å². The molecule has 0 fully saturated rings. The summed E-state index contributed by atoms with van der Waals surface area (Å²) in [5.74, 6) is 0.0951. The minimum absolute atomic E-state index is 0.191. The van der Waals surface area contributed by atoms with Crippen LogP contribution in [0.15, 0.2) is 36.5 Å². The lowest BCUT2D eigenvalue weighted by Gasteiger charge is -2.01. The number of hydrogen-bond donors (Lipinski definition) is 2. The third kappa shape index (κ3) is 4.19. The molecule has 118 valence electrons. The maximum Gasteiger partial charge on any atom is 0.273 e. The first-order valence-corrected chi connectivity index (χ1v) is 7.26. The van der Waals surface area contributed by atoms with Gasteiger partial charge in [-0.15, -0.1) is 15.3 Å². The molecule has 0 bridgehead atoms. The molecule has 2 aromatic heterocycles. The van der Waals surface area contributed by atoms with Crippen molar-refractivity contribution in [3.8, 4) is 0 Å². The number of carbonyl (C=O) groups excluding carboxylic acids is 1. The van der Waals surface area contributed by atoms with E-state index in [0.717, 1.165) is 12.8 Å². The van der Waals surface area contributed by atoms with Crippen LogP contribution in [0.3, 0.4) is 0 Å². The van der Waals surface area contributed by atoms with Crippen LogP contribution in [0.4, 0.5) is 0 Å². The summed E-state index contributed by atoms with van der Waals surface area (Å²) in [4.78, 5) is 11.9. The number of rotatable bonds is 7. The SMILES string of the molecule is O=C(NCc1nn[nH]n1)c1cn(CCCc2ccccc2)nn1. The first-order valence-electron chi connectivity index (χ1n) is 7.26. The van der Waals surface area contributed by atoms with Crippen LogP contribution in [0.2, 0.25) is 0 Å². The quantitative estimate of drug-likeness (QED) is 0.651. The van der Waals surface area contributed by atoms with Gasteiger partial charge < -0.3 is 5.32 Å². The highest BCUT2D eigenvalue weighted by Gasteiger charge is 2.11. The molecule has 3 aromatic rings. The van der Waals surface area contributed by atoms with Crippen LogP contribution < -0.4 is 5.32 Å². The Labute approximate surface area is 132 Å². The monoisotopic (exact) mass is 312 g/mol. The van der Waals surface area contributed by atoms with E-state index in [1.165, 1.54) is 5.56 Å². The van der Waals surface area contributed by atoms with Gasteiger partial charge in [-0.2, -0.15) is 5.21 Å². The zero-order chi connectivity index (χ0) is 15.9. The molecule has 2 N–H and O–H groups in total. The van der Waals surface area contributed by atoms with Crippen LogP contribution in [-0.2, 0) is 19.5 Å². The summed E-state index contributed by atoms with van der Waals surface area (Å²) in [6, 6.07) is 10.2. The van der Waals surface area contributed by atoms with E-state index in [9.17, 15) is 4.79 Å². The number of nitrogens with one attached hydrogen (secondary N) is 2. The highest BCUT2D eigenvalue weighted by atomic mass is 16.2. The average Bonchev–Trinajstić information content (AvgIpc) is 3.25. The first-order chi connectivity index (χ1) is 11.3. The predicted octanol–water partition coefficient (Wildman–Crippen LogP) is 0.354. The van der Waals surface area contributed by atoms with E-state index in [1.807, 2.05) is 18.2 Å². The number of nitrogens with zero attached hydrogens (tertiary/aromatic N) is 6. The van der Waals surface area contributed by atoms with Crippen molar-refractivity contribution in [3.63, 3.8) is 0 Å². The van der Waals surface area contributed by atoms with Crippen molar-refractivity contribution >= 4 is 5.91 Å². The minimum Gasteiger partial charge on any atom is -0.343 e. The largest absolute Gasteiger partial charge is 0.343 e. The van der Waals surface area contributed by atoms with Crippen molar-refractivity contribution in [2.75, 3.05) is 0 Å². The number of aromatic amines is 1. The van der Waals surface area contributed by atoms with Gasteiger partial charge in [-0.3, -0.25) is 9.48 Å². The number of carbonyl (C=O) groups is 1. The Morgan fingerprint density at radius 3 is 2.87 bits per heavy atom. The second-order valence-corrected chi connectivity index (χ2v) is 4.97. The molecule has 0 radical (unpaired) electrons. The predicted molar refractivity (Wildman–Crippen MR) is 80.1 cm³/mol. The van der Waals surface area contributed by atoms with E-state index in [4.69, 9.17) is 0 Å². The molecule has 1 amide bonds. The molecule has 9 heteroatoms. The molecule has 0 spiro atoms. The van der Waals surface area contributed by atoms with E-state index in [1.54, 1.807) is 10.9 Å². The van der Waals surface area contributed by atoms with Gasteiger partial charge in [0, 0.05) is 6.54 Å². The fourth-order valence-electron chi connectivity index (χ4n) is 2.11. The van der Waals surface area contributed by atoms with Crippen LogP contribution in [0.1, 0.15) is 28.3 Å². The van der Waals surface area contributed by atoms with Crippen molar-refractivity contribution in [1.82, 2.24) is 40.9 Å². The number of benzene rings is 1. The third-order valence-electron chi connectivity index (χ3n) is 3.26. The number of aromatic nitrogens is 7. The van der Waals surface area contributed by atoms with E-state index in [0.29, 0.717) is 12.4 Å². The van der Waals surface area contributed by atoms with Gasteiger partial charge in [0.2, 0.25) is 0 Å². The van der Waals surface area contributed by atoms with Crippen LogP contribution in [0, 0.1) is 0 Å². The fourth-order valence-corrected chi connectivity index (χ4v) is 2.11. The van der Waals surface area contributed by atoms with E-state index in [2.05, 4.69) is 48.4 Å². The third-order valence-corrected chi connectivity index (χ3v) is 3.26. The number of hydrogen-bond acceptors (Lipinski definition) is 6. The Bertz CT molecular complexity index is 737. The molecule has 0 atom stereocenters. The van der Waals surface area contributed by atoms with Crippen molar-refractivity contribution < 1.29 is 4.79 Å². The van der Waals surface area contributed by atoms with Gasteiger partial charge in [-0.05, 0) is 18.4 Å². The molecule has 0 saturated carbocycles. The van der Waals surface area contributed by atoms with Crippen LogP contribution in [0.5, 0.6) is 0 Å². The van der Waals surface area contributed by atoms with Gasteiger partial charge in [0.15, 0.2) is 11.5 Å².